The molecule has 34 N–H and O–H groups in total. The highest BCUT2D eigenvalue weighted by Crippen LogP contribution is 2.27. The maximum absolute atomic E-state index is 15.3. The first-order chi connectivity index (χ1) is 56.3. The van der Waals surface area contributed by atoms with Crippen molar-refractivity contribution < 1.29 is 103 Å². The number of thioether (sulfide) groups is 2. The number of nitrogens with zero attached hydrogens (tertiary/aromatic N) is 1. The van der Waals surface area contributed by atoms with Crippen molar-refractivity contribution in [3.63, 3.8) is 0 Å². The molecule has 3 fully saturated rings. The van der Waals surface area contributed by atoms with Crippen LogP contribution in [0, 0.1) is 19.8 Å². The standard InChI is InChI=1S/C69H105IN24O21S4/c1-32(95)53-62(111)89-43(26-52(101)102)65(113)94-21-5-9-47(94)61(110)87-39(7-3-19-80-68(75)76)55(104)91-46-30-119-118-29-45(84-51(100)27-71)60(109)93-64(63(112)92-53)117-31-116-28-44(58(107)82-35(22-33-10-13-36(96)14-11-33)25-50(99)83-41(66(114)115)8-4-20-81-69(77)78)90-56(105)40(15-17-49(72)98)86-57(106)42(24-34-12-16-48(97)37(70)23-34)88-54(103)38(85-59(46)108)6-2-18-79-67(73)74/h10-14,16,23,32,35,38-47,52-53,64,95-97,101-102H,2-9,15,17-22,24-31,71H2,1H3,(H2,72,98)(H,82,107)(H,83,99)(H,84,100)(H,85,108)(H,86,106)(H,87,110)(H,88,103)(H,89,111)(H,90,105)(H,91,104)(H,92,112)(H,93,109)(H,114,115)(H4,73,74,79)(H4,75,76,80)(H4,77,78,81)/t32-,35-,38-,39-,40-,41-,42-,43-,44-,45-,46-,47-,53+,64+/m0/s1. The summed E-state index contributed by atoms with van der Waals surface area (Å²) in [7, 11) is 1.60. The van der Waals surface area contributed by atoms with E-state index in [-0.39, 0.29) is 105 Å². The molecular formula is C69H105IN24O21S4. The Morgan fingerprint density at radius 2 is 1.18 bits per heavy atom. The van der Waals surface area contributed by atoms with Crippen LogP contribution in [0.1, 0.15) is 95.1 Å². The number of halogens is 1. The average Bonchev–Trinajstić information content (AvgIpc) is 1.71. The number of phenols is 2. The highest BCUT2D eigenvalue weighted by Gasteiger charge is 2.43. The normalized spacial score (nSPS) is 23.4. The molecule has 3 saturated heterocycles. The summed E-state index contributed by atoms with van der Waals surface area (Å²) in [6, 6.07) is -11.0. The van der Waals surface area contributed by atoms with Gasteiger partial charge in [-0.3, -0.25) is 83.4 Å². The molecule has 0 spiro atoms. The number of aliphatic hydroxyl groups is 3. The van der Waals surface area contributed by atoms with Gasteiger partial charge < -0.3 is 144 Å². The van der Waals surface area contributed by atoms with Gasteiger partial charge in [-0.1, -0.05) is 39.8 Å². The molecule has 5 rings (SSSR count). The van der Waals surface area contributed by atoms with Crippen LogP contribution < -0.4 is 108 Å². The summed E-state index contributed by atoms with van der Waals surface area (Å²) >= 11 is 3.12. The predicted molar refractivity (Wildman–Crippen MR) is 446 cm³/mol. The lowest BCUT2D eigenvalue weighted by Crippen LogP contribution is -2.62. The zero-order chi connectivity index (χ0) is 88.2. The molecule has 3 aliphatic rings. The van der Waals surface area contributed by atoms with Crippen molar-refractivity contribution in [3.8, 4) is 11.5 Å². The molecule has 119 heavy (non-hydrogen) atoms. The van der Waals surface area contributed by atoms with Gasteiger partial charge in [0.05, 0.1) is 16.2 Å². The first-order valence-corrected chi connectivity index (χ1v) is 43.2. The second-order valence-electron chi connectivity index (χ2n) is 27.7. The summed E-state index contributed by atoms with van der Waals surface area (Å²) in [5.74, 6) is -20.2. The van der Waals surface area contributed by atoms with Crippen LogP contribution in [0.5, 0.6) is 11.5 Å². The minimum absolute atomic E-state index is 0.0196. The number of hydrogen-bond donors (Lipinski definition) is 29. The van der Waals surface area contributed by atoms with E-state index < -0.39 is 258 Å². The molecule has 2 aromatic carbocycles. The molecule has 3 heterocycles. The zero-order valence-corrected chi connectivity index (χ0v) is 70.0. The molecule has 0 aliphatic carbocycles. The number of nitrogens with one attached hydrogen (secondary N) is 18. The summed E-state index contributed by atoms with van der Waals surface area (Å²) in [6.07, 6.45) is -8.55. The molecule has 14 amide bonds. The third kappa shape index (κ3) is 35.4. The molecule has 0 aromatic heterocycles. The quantitative estimate of drug-likeness (QED) is 0.00862. The van der Waals surface area contributed by atoms with Crippen molar-refractivity contribution in [2.24, 2.45) is 28.7 Å². The maximum atomic E-state index is 15.3. The van der Waals surface area contributed by atoms with Gasteiger partial charge in [0.2, 0.25) is 76.8 Å². The summed E-state index contributed by atoms with van der Waals surface area (Å²) in [5, 5.41) is 122. The Morgan fingerprint density at radius 3 is 1.78 bits per heavy atom. The Balaban J connectivity index is 1.79. The van der Waals surface area contributed by atoms with Gasteiger partial charge in [-0.15, -0.1) is 23.5 Å². The number of amides is 14. The predicted octanol–water partition coefficient (Wildman–Crippen LogP) is -8.34. The third-order valence-corrected chi connectivity index (χ3v) is 23.9. The second kappa shape index (κ2) is 50.7. The molecule has 2 aromatic rings. The minimum atomic E-state index is -2.34. The molecular weight excluding hydrogens is 1760 g/mol. The van der Waals surface area contributed by atoms with E-state index in [1.165, 1.54) is 42.5 Å². The number of carbonyl (C=O) groups is 15. The van der Waals surface area contributed by atoms with Gasteiger partial charge in [0.1, 0.15) is 78.0 Å². The van der Waals surface area contributed by atoms with Gasteiger partial charge >= 0.3 is 5.97 Å². The molecule has 3 aliphatic heterocycles. The SMILES string of the molecule is C[C@H](O)[C@H]1NC(=O)[C@@H]2NC(=O)[C@@H](NC(=O)CN)CSSC[C@H](NC(=O)[C@H](CCCNC(=N)N)NC(=O)[C@@H]3CCCN3C(=O)[C@H](CC(O)O)NC1=O)C(=O)N[C@@H](CCCNC(=N)N)C(=O)N[C@@H](Cc1ccc(O)c(I)c1)C(=O)N[C@@H](CCC(N)=O)C(=O)N[C@H](C(=O)N[C@H](CC(=O)N[C@@H](CCCNC(=N)N)C(=O)O)Cc1ccc(O)cc1)CSCS2. The van der Waals surface area contributed by atoms with Crippen molar-refractivity contribution >= 4 is 174 Å². The van der Waals surface area contributed by atoms with Gasteiger partial charge in [0, 0.05) is 80.2 Å². The Hall–Kier alpha value is -10.1. The van der Waals surface area contributed by atoms with Crippen molar-refractivity contribution in [1.82, 2.24) is 84.7 Å². The number of aliphatic hydroxyl groups excluding tert-OH is 2. The number of aromatic hydroxyl groups is 2. The van der Waals surface area contributed by atoms with Gasteiger partial charge in [0.25, 0.3) is 5.91 Å². The van der Waals surface area contributed by atoms with Gasteiger partial charge in [-0.25, -0.2) is 4.79 Å². The van der Waals surface area contributed by atoms with Crippen LogP contribution in [0.25, 0.3) is 0 Å². The number of carboxylic acid groups (broad SMARTS) is 1. The molecule has 45 nitrogen and oxygen atoms in total. The van der Waals surface area contributed by atoms with Crippen LogP contribution >= 0.6 is 67.7 Å². The van der Waals surface area contributed by atoms with Crippen molar-refractivity contribution in [2.75, 3.05) is 55.1 Å². The van der Waals surface area contributed by atoms with E-state index in [2.05, 4.69) is 79.8 Å². The minimum Gasteiger partial charge on any atom is -0.508 e. The fourth-order valence-electron chi connectivity index (χ4n) is 12.1. The molecule has 658 valence electrons. The Labute approximate surface area is 712 Å². The largest absolute Gasteiger partial charge is 0.508 e. The molecule has 0 unspecified atom stereocenters. The second-order valence-corrected chi connectivity index (χ2v) is 33.9. The number of guanidine groups is 3. The van der Waals surface area contributed by atoms with E-state index in [9.17, 15) is 73.8 Å². The van der Waals surface area contributed by atoms with Crippen molar-refractivity contribution in [2.45, 2.75) is 187 Å². The molecule has 0 saturated carbocycles. The van der Waals surface area contributed by atoms with Crippen LogP contribution in [0.3, 0.4) is 0 Å². The van der Waals surface area contributed by atoms with Crippen LogP contribution in [0.2, 0.25) is 0 Å². The Kier molecular flexibility index (Phi) is 42.4. The number of carbonyl (C=O) groups excluding carboxylic acids is 14. The lowest BCUT2D eigenvalue weighted by Gasteiger charge is -2.31. The van der Waals surface area contributed by atoms with E-state index in [4.69, 9.17) is 44.9 Å². The third-order valence-electron chi connectivity index (χ3n) is 18.2. The number of hydrogen-bond acceptors (Lipinski definition) is 28. The van der Waals surface area contributed by atoms with E-state index in [1.54, 1.807) is 22.6 Å². The van der Waals surface area contributed by atoms with E-state index in [0.29, 0.717) is 17.3 Å². The average molecular weight is 1860 g/mol. The van der Waals surface area contributed by atoms with Gasteiger partial charge in [-0.05, 0) is 129 Å². The molecule has 0 radical (unpaired) electrons. The summed E-state index contributed by atoms with van der Waals surface area (Å²) in [5.41, 5.74) is 28.6. The van der Waals surface area contributed by atoms with E-state index >= 15 is 28.8 Å². The monoisotopic (exact) mass is 1860 g/mol. The van der Waals surface area contributed by atoms with Gasteiger partial charge in [-0.2, -0.15) is 0 Å². The Morgan fingerprint density at radius 1 is 0.622 bits per heavy atom. The number of nitrogens with two attached hydrogens (primary N) is 5. The number of rotatable bonds is 30. The highest BCUT2D eigenvalue weighted by atomic mass is 127. The van der Waals surface area contributed by atoms with Crippen LogP contribution in [-0.2, 0) is 84.8 Å². The van der Waals surface area contributed by atoms with E-state index in [0.717, 1.165) is 45.2 Å². The Bertz CT molecular complexity index is 3940. The van der Waals surface area contributed by atoms with Gasteiger partial charge in [0.15, 0.2) is 29.5 Å². The molecule has 14 atom stereocenters. The maximum Gasteiger partial charge on any atom is 0.326 e. The van der Waals surface area contributed by atoms with Crippen LogP contribution in [-0.4, -0.2) is 287 Å². The molecule has 50 heteroatoms. The number of aliphatic carboxylic acids is 1. The number of phenolic OH excluding ortho intramolecular Hbond substituents is 2. The first-order valence-electron chi connectivity index (χ1n) is 37.4. The number of primary amides is 1. The first kappa shape index (κ1) is 99.4. The number of benzene rings is 2. The van der Waals surface area contributed by atoms with Crippen molar-refractivity contribution in [1.29, 1.82) is 16.2 Å². The number of fused-ring (bicyclic) bond motifs is 9. The van der Waals surface area contributed by atoms with Crippen LogP contribution in [0.4, 0.5) is 0 Å². The summed E-state index contributed by atoms with van der Waals surface area (Å²) in [6.45, 7) is 0.0110. The number of carboxylic acids is 1. The summed E-state index contributed by atoms with van der Waals surface area (Å²) in [4.78, 5) is 218. The lowest BCUT2D eigenvalue weighted by molar-refractivity contribution is -0.145. The lowest BCUT2D eigenvalue weighted by atomic mass is 10.0. The van der Waals surface area contributed by atoms with E-state index in [1.807, 2.05) is 0 Å². The fourth-order valence-corrected chi connectivity index (χ4v) is 17.2. The van der Waals surface area contributed by atoms with Crippen LogP contribution in [0.15, 0.2) is 42.5 Å². The smallest absolute Gasteiger partial charge is 0.326 e. The molecule has 2 bridgehead atoms. The zero-order valence-electron chi connectivity index (χ0n) is 64.6. The highest BCUT2D eigenvalue weighted by molar-refractivity contribution is 14.1. The fraction of sp³-hybridized carbons (Fsp3) is 0.565. The summed E-state index contributed by atoms with van der Waals surface area (Å²) < 4.78 is 0.264. The van der Waals surface area contributed by atoms with Crippen molar-refractivity contribution in [3.05, 3.63) is 57.2 Å². The topological polar surface area (TPSA) is 763 Å².